The zero-order valence-electron chi connectivity index (χ0n) is 23.9. The van der Waals surface area contributed by atoms with Gasteiger partial charge in [-0.1, -0.05) is 72.3 Å². The van der Waals surface area contributed by atoms with E-state index < -0.39 is 12.9 Å². The number of hydrogen-bond donors (Lipinski definition) is 2. The summed E-state index contributed by atoms with van der Waals surface area (Å²) in [5.74, 6) is -1.01. The number of carbonyl (C=O) groups excluding carboxylic acids is 2. The smallest absolute Gasteiger partial charge is 0.423 e. The number of likely N-dealkylation sites (N-methyl/N-ethyl adjacent to an activating group) is 2. The topological polar surface area (TPSA) is 106 Å². The number of rotatable bonds is 2. The Kier molecular flexibility index (Phi) is 10.7. The van der Waals surface area contributed by atoms with Crippen LogP contribution in [0, 0.1) is 11.6 Å². The van der Waals surface area contributed by atoms with Gasteiger partial charge in [0.1, 0.15) is 29.9 Å². The molecule has 0 fully saturated rings. The fourth-order valence-corrected chi connectivity index (χ4v) is 4.57. The summed E-state index contributed by atoms with van der Waals surface area (Å²) in [6.45, 7) is 0.0582. The molecule has 2 aliphatic rings. The van der Waals surface area contributed by atoms with Crippen LogP contribution in [0.2, 0.25) is 0 Å². The fraction of sp³-hybridized carbons (Fsp3) is 0.125. The molecule has 2 heterocycles. The molecule has 0 unspecified atom stereocenters. The van der Waals surface area contributed by atoms with Crippen LogP contribution >= 0.6 is 11.6 Å². The first-order valence-electron chi connectivity index (χ1n) is 13.4. The number of benzodiazepines with no additional fused rings is 2. The molecule has 6 rings (SSSR count). The molecule has 2 amide bonds. The van der Waals surface area contributed by atoms with Gasteiger partial charge in [0.15, 0.2) is 0 Å². The Morgan fingerprint density at radius 2 is 1.18 bits per heavy atom. The van der Waals surface area contributed by atoms with Gasteiger partial charge in [-0.25, -0.2) is 8.78 Å². The van der Waals surface area contributed by atoms with E-state index in [4.69, 9.17) is 21.6 Å². The molecule has 4 aromatic carbocycles. The van der Waals surface area contributed by atoms with E-state index in [1.807, 2.05) is 36.4 Å². The largest absolute Gasteiger partial charge is 0.488 e. The third kappa shape index (κ3) is 7.81. The monoisotopic (exact) mass is 616 g/mol. The van der Waals surface area contributed by atoms with Crippen molar-refractivity contribution in [2.24, 2.45) is 9.98 Å². The Balaban J connectivity index is 0.000000162. The zero-order chi connectivity index (χ0) is 31.8. The first kappa shape index (κ1) is 32.2. The highest BCUT2D eigenvalue weighted by atomic mass is 35.5. The number of halogens is 3. The predicted molar refractivity (Wildman–Crippen MR) is 170 cm³/mol. The maximum absolute atomic E-state index is 13.6. The van der Waals surface area contributed by atoms with E-state index >= 15 is 0 Å². The second-order valence-corrected chi connectivity index (χ2v) is 10.0. The van der Waals surface area contributed by atoms with Gasteiger partial charge in [0.2, 0.25) is 11.8 Å². The molecular weight excluding hydrogens is 589 g/mol. The maximum atomic E-state index is 13.6. The third-order valence-electron chi connectivity index (χ3n) is 6.74. The van der Waals surface area contributed by atoms with Crippen molar-refractivity contribution in [2.45, 2.75) is 0 Å². The highest BCUT2D eigenvalue weighted by molar-refractivity contribution is 6.70. The number of anilines is 2. The second kappa shape index (κ2) is 14.7. The molecule has 12 heteroatoms. The number of nitrogens with zero attached hydrogens (tertiary/aromatic N) is 4. The molecule has 0 aromatic heterocycles. The van der Waals surface area contributed by atoms with E-state index in [1.165, 1.54) is 40.1 Å². The first-order valence-corrected chi connectivity index (χ1v) is 13.8. The average Bonchev–Trinajstić information content (AvgIpc) is 3.22. The van der Waals surface area contributed by atoms with Crippen molar-refractivity contribution in [1.29, 1.82) is 0 Å². The van der Waals surface area contributed by atoms with Crippen molar-refractivity contribution in [3.63, 3.8) is 0 Å². The van der Waals surface area contributed by atoms with Crippen molar-refractivity contribution in [3.05, 3.63) is 125 Å². The number of carbonyl (C=O) groups is 2. The van der Waals surface area contributed by atoms with E-state index in [0.717, 1.165) is 5.56 Å². The Morgan fingerprint density at radius 3 is 1.70 bits per heavy atom. The normalized spacial score (nSPS) is 13.9. The van der Waals surface area contributed by atoms with E-state index in [0.29, 0.717) is 33.7 Å². The lowest BCUT2D eigenvalue weighted by Crippen LogP contribution is -2.29. The predicted octanol–water partition coefficient (Wildman–Crippen LogP) is 3.79. The Hall–Kier alpha value is -4.71. The molecule has 4 aromatic rings. The van der Waals surface area contributed by atoms with E-state index in [1.54, 1.807) is 44.4 Å². The van der Waals surface area contributed by atoms with Crippen molar-refractivity contribution in [2.75, 3.05) is 37.0 Å². The van der Waals surface area contributed by atoms with Crippen LogP contribution in [0.1, 0.15) is 16.7 Å². The van der Waals surface area contributed by atoms with Crippen molar-refractivity contribution in [3.8, 4) is 0 Å². The highest BCUT2D eigenvalue weighted by Gasteiger charge is 2.23. The maximum Gasteiger partial charge on any atom is 0.488 e. The van der Waals surface area contributed by atoms with Crippen LogP contribution in [0.4, 0.5) is 20.2 Å². The molecule has 44 heavy (non-hydrogen) atoms. The quantitative estimate of drug-likeness (QED) is 0.335. The minimum absolute atomic E-state index is 0.00830. The van der Waals surface area contributed by atoms with Gasteiger partial charge in [-0.3, -0.25) is 19.6 Å². The van der Waals surface area contributed by atoms with Gasteiger partial charge in [-0.05, 0) is 41.9 Å². The molecule has 0 saturated carbocycles. The molecule has 8 nitrogen and oxygen atoms in total. The van der Waals surface area contributed by atoms with Crippen LogP contribution in [-0.2, 0) is 9.59 Å². The van der Waals surface area contributed by atoms with Crippen LogP contribution in [0.3, 0.4) is 0 Å². The molecular formula is C32H28BClF2N4O4. The van der Waals surface area contributed by atoms with E-state index in [2.05, 4.69) is 9.98 Å². The van der Waals surface area contributed by atoms with E-state index in [9.17, 15) is 18.4 Å². The Morgan fingerprint density at radius 1 is 0.705 bits per heavy atom. The van der Waals surface area contributed by atoms with Gasteiger partial charge in [0.25, 0.3) is 0 Å². The summed E-state index contributed by atoms with van der Waals surface area (Å²) in [7, 11) is 1.96. The molecule has 0 radical (unpaired) electrons. The van der Waals surface area contributed by atoms with Gasteiger partial charge in [-0.15, -0.1) is 0 Å². The number of amides is 2. The van der Waals surface area contributed by atoms with Gasteiger partial charge in [0.05, 0.1) is 17.1 Å². The average molecular weight is 617 g/mol. The summed E-state index contributed by atoms with van der Waals surface area (Å²) in [6, 6.07) is 26.7. The molecule has 0 aliphatic carbocycles. The van der Waals surface area contributed by atoms with Gasteiger partial charge in [0, 0.05) is 30.8 Å². The van der Waals surface area contributed by atoms with Crippen LogP contribution in [-0.4, -0.2) is 67.0 Å². The summed E-state index contributed by atoms with van der Waals surface area (Å²) in [4.78, 5) is 34.6. The number of hydrogen-bond acceptors (Lipinski definition) is 6. The lowest BCUT2D eigenvalue weighted by molar-refractivity contribution is -0.117. The third-order valence-corrected chi connectivity index (χ3v) is 7.06. The Labute approximate surface area is 258 Å². The van der Waals surface area contributed by atoms with Crippen molar-refractivity contribution >= 4 is 58.3 Å². The van der Waals surface area contributed by atoms with Gasteiger partial charge < -0.3 is 19.8 Å². The van der Waals surface area contributed by atoms with Crippen LogP contribution < -0.4 is 15.3 Å². The number of benzene rings is 4. The molecule has 0 bridgehead atoms. The fourth-order valence-electron chi connectivity index (χ4n) is 4.36. The molecule has 0 atom stereocenters. The summed E-state index contributed by atoms with van der Waals surface area (Å²) in [5, 5.41) is 17.3. The highest BCUT2D eigenvalue weighted by Crippen LogP contribution is 2.27. The summed E-state index contributed by atoms with van der Waals surface area (Å²) < 4.78 is 26.6. The number of aliphatic imine (C=N–C) groups is 2. The minimum atomic E-state index is -1.34. The van der Waals surface area contributed by atoms with E-state index in [-0.39, 0.29) is 35.9 Å². The second-order valence-electron chi connectivity index (χ2n) is 9.65. The minimum Gasteiger partial charge on any atom is -0.423 e. The zero-order valence-corrected chi connectivity index (χ0v) is 24.6. The molecule has 0 saturated heterocycles. The van der Waals surface area contributed by atoms with Gasteiger partial charge >= 0.3 is 7.12 Å². The molecule has 2 N–H and O–H groups in total. The standard InChI is InChI=1S/C16H13FN2O.C10H8ClFN2O.C6H7BO2/c1-19-14-8-7-12(17)9-13(14)16(18-10-15(19)20)11-5-3-2-4-6-11;1-14-8-3-2-6(12)4-7(8)10(11)13-5-9(14)15;8-7(9)6-4-2-1-3-5-6/h2-9H,10H2,1H3;2-4H,5H2,1H3;1-5,8-9H. The molecule has 0 spiro atoms. The summed E-state index contributed by atoms with van der Waals surface area (Å²) in [6.07, 6.45) is 0. The SMILES string of the molecule is CN1C(=O)CN=C(Cl)c2cc(F)ccc21.CN1C(=O)CN=C(c2ccccc2)c2cc(F)ccc21.OB(O)c1ccccc1. The van der Waals surface area contributed by atoms with Crippen LogP contribution in [0.5, 0.6) is 0 Å². The van der Waals surface area contributed by atoms with Crippen LogP contribution in [0.25, 0.3) is 0 Å². The van der Waals surface area contributed by atoms with Gasteiger partial charge in [-0.2, -0.15) is 0 Å². The van der Waals surface area contributed by atoms with Crippen LogP contribution in [0.15, 0.2) is 107 Å². The first-order chi connectivity index (χ1) is 21.1. The number of fused-ring (bicyclic) bond motifs is 2. The lowest BCUT2D eigenvalue weighted by atomic mass is 9.81. The molecule has 224 valence electrons. The lowest BCUT2D eigenvalue weighted by Gasteiger charge is -2.17. The summed E-state index contributed by atoms with van der Waals surface area (Å²) in [5.41, 5.74) is 4.40. The summed E-state index contributed by atoms with van der Waals surface area (Å²) >= 11 is 5.86. The molecule has 2 aliphatic heterocycles. The van der Waals surface area contributed by atoms with Crippen molar-refractivity contribution in [1.82, 2.24) is 0 Å². The Bertz CT molecular complexity index is 1710. The van der Waals surface area contributed by atoms with Crippen molar-refractivity contribution < 1.29 is 28.4 Å².